The van der Waals surface area contributed by atoms with Crippen molar-refractivity contribution in [2.75, 3.05) is 11.9 Å². The number of aliphatic hydroxyl groups is 1. The third-order valence-electron chi connectivity index (χ3n) is 8.80. The van der Waals surface area contributed by atoms with Gasteiger partial charge in [-0.05, 0) is 55.4 Å². The molecular weight excluding hydrogens is 593 g/mol. The quantitative estimate of drug-likeness (QED) is 0.338. The Labute approximate surface area is 246 Å². The summed E-state index contributed by atoms with van der Waals surface area (Å²) in [5.74, 6) is -6.39. The zero-order chi connectivity index (χ0) is 29.8. The lowest BCUT2D eigenvalue weighted by Gasteiger charge is -2.41. The minimum absolute atomic E-state index is 0.0878. The number of sulfone groups is 1. The molecule has 3 aromatic rings. The van der Waals surface area contributed by atoms with E-state index in [0.29, 0.717) is 51.0 Å². The van der Waals surface area contributed by atoms with Crippen molar-refractivity contribution in [1.29, 1.82) is 0 Å². The van der Waals surface area contributed by atoms with Gasteiger partial charge in [0.15, 0.2) is 27.3 Å². The summed E-state index contributed by atoms with van der Waals surface area (Å²) in [6.45, 7) is 0.868. The number of halogens is 4. The van der Waals surface area contributed by atoms with Crippen molar-refractivity contribution in [1.82, 2.24) is 5.06 Å². The zero-order valence-electron chi connectivity index (χ0n) is 22.3. The Morgan fingerprint density at radius 3 is 2.48 bits per heavy atom. The molecule has 3 aromatic carbocycles. The number of rotatable bonds is 7. The molecule has 7 nitrogen and oxygen atoms in total. The SMILES string of the molecule is O=C(Nc1cc(F)c(F)c(F)c1)c1ccc(Cl)c(S(=O)(=O)[C@@H]2C3CCC2[C@@](O)(C2CCON2Cc2ccccc2)C3)c1. The number of anilines is 1. The number of hydrogen-bond acceptors (Lipinski definition) is 6. The lowest BCUT2D eigenvalue weighted by atomic mass is 9.77. The molecule has 222 valence electrons. The zero-order valence-corrected chi connectivity index (χ0v) is 23.8. The van der Waals surface area contributed by atoms with Crippen molar-refractivity contribution in [2.45, 2.75) is 54.0 Å². The second-order valence-corrected chi connectivity index (χ2v) is 13.7. The Kier molecular flexibility index (Phi) is 7.59. The number of carbonyl (C=O) groups is 1. The first-order valence-corrected chi connectivity index (χ1v) is 15.6. The molecule has 3 unspecified atom stereocenters. The Hall–Kier alpha value is -2.96. The van der Waals surface area contributed by atoms with E-state index in [1.54, 1.807) is 5.06 Å². The van der Waals surface area contributed by atoms with Crippen molar-refractivity contribution < 1.29 is 36.3 Å². The van der Waals surface area contributed by atoms with Crippen LogP contribution in [0, 0.1) is 29.3 Å². The maximum Gasteiger partial charge on any atom is 0.255 e. The minimum Gasteiger partial charge on any atom is -0.388 e. The third-order valence-corrected chi connectivity index (χ3v) is 11.6. The van der Waals surface area contributed by atoms with E-state index in [4.69, 9.17) is 16.4 Å². The summed E-state index contributed by atoms with van der Waals surface area (Å²) in [6.07, 6.45) is 1.99. The molecule has 0 aromatic heterocycles. The molecule has 42 heavy (non-hydrogen) atoms. The lowest BCUT2D eigenvalue weighted by molar-refractivity contribution is -0.191. The van der Waals surface area contributed by atoms with E-state index in [1.807, 2.05) is 30.3 Å². The summed E-state index contributed by atoms with van der Waals surface area (Å²) in [4.78, 5) is 18.5. The van der Waals surface area contributed by atoms with Gasteiger partial charge in [-0.2, -0.15) is 5.06 Å². The Balaban J connectivity index is 1.26. The molecule has 2 saturated carbocycles. The van der Waals surface area contributed by atoms with Gasteiger partial charge in [-0.3, -0.25) is 9.63 Å². The van der Waals surface area contributed by atoms with Gasteiger partial charge in [-0.15, -0.1) is 0 Å². The predicted octanol–water partition coefficient (Wildman–Crippen LogP) is 5.52. The largest absolute Gasteiger partial charge is 0.388 e. The van der Waals surface area contributed by atoms with Gasteiger partial charge in [0.2, 0.25) is 0 Å². The molecule has 1 aliphatic heterocycles. The molecule has 3 fully saturated rings. The van der Waals surface area contributed by atoms with E-state index < -0.39 is 56.0 Å². The van der Waals surface area contributed by atoms with Crippen LogP contribution in [-0.4, -0.2) is 48.0 Å². The van der Waals surface area contributed by atoms with Crippen LogP contribution in [-0.2, 0) is 21.2 Å². The molecule has 2 aliphatic carbocycles. The van der Waals surface area contributed by atoms with Crippen LogP contribution in [0.3, 0.4) is 0 Å². The van der Waals surface area contributed by atoms with Gasteiger partial charge in [0.1, 0.15) is 0 Å². The van der Waals surface area contributed by atoms with Gasteiger partial charge in [0.25, 0.3) is 5.91 Å². The highest BCUT2D eigenvalue weighted by atomic mass is 35.5. The number of nitrogens with zero attached hydrogens (tertiary/aromatic N) is 1. The summed E-state index contributed by atoms with van der Waals surface area (Å²) >= 11 is 6.37. The monoisotopic (exact) mass is 620 g/mol. The molecule has 0 spiro atoms. The lowest BCUT2D eigenvalue weighted by Crippen LogP contribution is -2.53. The number of nitrogens with one attached hydrogen (secondary N) is 1. The summed E-state index contributed by atoms with van der Waals surface area (Å²) in [5.41, 5.74) is -0.756. The van der Waals surface area contributed by atoms with Crippen molar-refractivity contribution in [2.24, 2.45) is 11.8 Å². The Morgan fingerprint density at radius 1 is 1.05 bits per heavy atom. The second-order valence-electron chi connectivity index (χ2n) is 11.2. The normalized spacial score (nSPS) is 27.5. The van der Waals surface area contributed by atoms with Gasteiger partial charge in [-0.25, -0.2) is 21.6 Å². The first kappa shape index (κ1) is 29.1. The van der Waals surface area contributed by atoms with E-state index in [-0.39, 0.29) is 27.1 Å². The maximum absolute atomic E-state index is 14.1. The first-order valence-electron chi connectivity index (χ1n) is 13.6. The van der Waals surface area contributed by atoms with Gasteiger partial charge in [0, 0.05) is 35.8 Å². The molecular formula is C30H28ClF3N2O5S. The van der Waals surface area contributed by atoms with E-state index in [0.717, 1.165) is 11.6 Å². The molecule has 0 radical (unpaired) electrons. The number of carbonyl (C=O) groups excluding carboxylic acids is 1. The van der Waals surface area contributed by atoms with E-state index in [1.165, 1.54) is 12.1 Å². The molecule has 1 amide bonds. The topological polar surface area (TPSA) is 95.9 Å². The average molecular weight is 621 g/mol. The molecule has 5 atom stereocenters. The Bertz CT molecular complexity index is 1620. The van der Waals surface area contributed by atoms with E-state index >= 15 is 0 Å². The molecule has 2 N–H and O–H groups in total. The third kappa shape index (κ3) is 5.01. The fourth-order valence-electron chi connectivity index (χ4n) is 7.00. The highest BCUT2D eigenvalue weighted by Crippen LogP contribution is 2.58. The van der Waals surface area contributed by atoms with Crippen LogP contribution >= 0.6 is 11.6 Å². The highest BCUT2D eigenvalue weighted by Gasteiger charge is 2.65. The molecule has 3 aliphatic rings. The van der Waals surface area contributed by atoms with Crippen LogP contribution < -0.4 is 5.32 Å². The number of benzene rings is 3. The van der Waals surface area contributed by atoms with Gasteiger partial charge >= 0.3 is 0 Å². The van der Waals surface area contributed by atoms with Crippen molar-refractivity contribution >= 4 is 33.0 Å². The molecule has 1 heterocycles. The molecule has 1 saturated heterocycles. The predicted molar refractivity (Wildman–Crippen MR) is 149 cm³/mol. The van der Waals surface area contributed by atoms with Crippen LogP contribution in [0.15, 0.2) is 65.6 Å². The van der Waals surface area contributed by atoms with Crippen LogP contribution in [0.4, 0.5) is 18.9 Å². The van der Waals surface area contributed by atoms with Crippen LogP contribution in [0.25, 0.3) is 0 Å². The fraction of sp³-hybridized carbons (Fsp3) is 0.367. The average Bonchev–Trinajstić information content (AvgIpc) is 3.67. The van der Waals surface area contributed by atoms with Crippen LogP contribution in [0.2, 0.25) is 5.02 Å². The fourth-order valence-corrected chi connectivity index (χ4v) is 9.91. The van der Waals surface area contributed by atoms with Crippen molar-refractivity contribution in [3.8, 4) is 0 Å². The number of hydrogen-bond donors (Lipinski definition) is 2. The summed E-state index contributed by atoms with van der Waals surface area (Å²) in [5, 5.41) is 15.1. The first-order chi connectivity index (χ1) is 20.0. The number of fused-ring (bicyclic) bond motifs is 2. The van der Waals surface area contributed by atoms with Gasteiger partial charge in [-0.1, -0.05) is 41.9 Å². The minimum atomic E-state index is -4.13. The van der Waals surface area contributed by atoms with Crippen molar-refractivity contribution in [3.05, 3.63) is 94.3 Å². The summed E-state index contributed by atoms with van der Waals surface area (Å²) in [6, 6.07) is 14.2. The second kappa shape index (κ2) is 10.9. The van der Waals surface area contributed by atoms with Gasteiger partial charge in [0.05, 0.1) is 33.4 Å². The van der Waals surface area contributed by atoms with Gasteiger partial charge < -0.3 is 10.4 Å². The highest BCUT2D eigenvalue weighted by molar-refractivity contribution is 7.92. The Morgan fingerprint density at radius 2 is 1.76 bits per heavy atom. The van der Waals surface area contributed by atoms with E-state index in [2.05, 4.69) is 5.32 Å². The van der Waals surface area contributed by atoms with E-state index in [9.17, 15) is 31.5 Å². The maximum atomic E-state index is 14.1. The molecule has 6 rings (SSSR count). The molecule has 2 bridgehead atoms. The smallest absolute Gasteiger partial charge is 0.255 e. The van der Waals surface area contributed by atoms with Crippen LogP contribution in [0.5, 0.6) is 0 Å². The number of amides is 1. The van der Waals surface area contributed by atoms with Crippen LogP contribution in [0.1, 0.15) is 41.6 Å². The van der Waals surface area contributed by atoms with Crippen molar-refractivity contribution in [3.63, 3.8) is 0 Å². The summed E-state index contributed by atoms with van der Waals surface area (Å²) in [7, 11) is -4.13. The standard InChI is InChI=1S/C30H28ClF3N2O5S/c31-22-9-7-18(29(37)35-20-13-23(32)27(34)24(33)14-20)12-25(22)42(39,40)28-19-6-8-21(28)30(38,15-19)26-10-11-41-36(26)16-17-4-2-1-3-5-17/h1-5,7,9,12-14,19,21,26,28,38H,6,8,10-11,15-16H2,(H,35,37)/t19?,21?,26?,28-,30-/m1/s1. The number of hydroxylamine groups is 2. The summed E-state index contributed by atoms with van der Waals surface area (Å²) < 4.78 is 68.9. The molecule has 12 heteroatoms.